The van der Waals surface area contributed by atoms with Crippen molar-refractivity contribution in [2.45, 2.75) is 25.7 Å². The minimum atomic E-state index is -5.32. The molecule has 1 amide bonds. The van der Waals surface area contributed by atoms with E-state index in [-0.39, 0.29) is 23.9 Å². The highest BCUT2D eigenvalue weighted by Gasteiger charge is 2.41. The molecule has 184 valence electrons. The highest BCUT2D eigenvalue weighted by atomic mass is 19.4. The molecule has 0 bridgehead atoms. The van der Waals surface area contributed by atoms with E-state index in [0.29, 0.717) is 12.5 Å². The second-order valence-corrected chi connectivity index (χ2v) is 6.96. The van der Waals surface area contributed by atoms with E-state index in [9.17, 15) is 35.5 Å². The zero-order valence-electron chi connectivity index (χ0n) is 18.0. The number of benzene rings is 2. The second-order valence-electron chi connectivity index (χ2n) is 6.96. The molecular formula is C22H20F7N3O2. The van der Waals surface area contributed by atoms with Gasteiger partial charge < -0.3 is 10.5 Å². The molecule has 0 spiro atoms. The number of ether oxygens (including phenoxy) is 1. The van der Waals surface area contributed by atoms with Crippen molar-refractivity contribution in [3.05, 3.63) is 65.1 Å². The number of anilines is 1. The number of allylic oxidation sites excluding steroid dienone is 1. The largest absolute Gasteiger partial charge is 0.420 e. The van der Waals surface area contributed by atoms with Gasteiger partial charge in [0.05, 0.1) is 11.1 Å². The molecule has 0 saturated heterocycles. The minimum absolute atomic E-state index is 0.0625. The predicted octanol–water partition coefficient (Wildman–Crippen LogP) is 6.28. The highest BCUT2D eigenvalue weighted by Crippen LogP contribution is 2.44. The summed E-state index contributed by atoms with van der Waals surface area (Å²) in [5.74, 6) is -1.81. The molecule has 12 heteroatoms. The molecule has 0 fully saturated rings. The molecule has 2 rings (SSSR count). The zero-order valence-corrected chi connectivity index (χ0v) is 18.0. The van der Waals surface area contributed by atoms with Crippen molar-refractivity contribution in [1.29, 1.82) is 0 Å². The fraction of sp³-hybridized carbons (Fsp3) is 0.273. The Balaban J connectivity index is 2.69. The molecule has 0 atom stereocenters. The smallest absolute Gasteiger partial charge is 0.409 e. The first-order chi connectivity index (χ1) is 15.8. The third-order valence-electron chi connectivity index (χ3n) is 4.47. The van der Waals surface area contributed by atoms with Crippen molar-refractivity contribution in [3.63, 3.8) is 0 Å². The third-order valence-corrected chi connectivity index (χ3v) is 4.47. The lowest BCUT2D eigenvalue weighted by Gasteiger charge is -2.22. The Hall–Kier alpha value is -3.57. The Morgan fingerprint density at radius 2 is 1.71 bits per heavy atom. The maximum Gasteiger partial charge on any atom is 0.420 e. The Bertz CT molecular complexity index is 1080. The molecular weight excluding hydrogens is 471 g/mol. The van der Waals surface area contributed by atoms with E-state index < -0.39 is 46.7 Å². The van der Waals surface area contributed by atoms with E-state index in [1.54, 1.807) is 6.92 Å². The summed E-state index contributed by atoms with van der Waals surface area (Å²) in [5, 5.41) is 0. The number of rotatable bonds is 6. The number of amides is 1. The molecule has 0 aliphatic carbocycles. The van der Waals surface area contributed by atoms with Crippen LogP contribution >= 0.6 is 0 Å². The van der Waals surface area contributed by atoms with Crippen molar-refractivity contribution in [2.24, 2.45) is 10.7 Å². The molecule has 0 radical (unpaired) electrons. The van der Waals surface area contributed by atoms with Crippen LogP contribution in [0.4, 0.5) is 41.2 Å². The summed E-state index contributed by atoms with van der Waals surface area (Å²) in [4.78, 5) is 17.3. The average Bonchev–Trinajstić information content (AvgIpc) is 2.75. The third kappa shape index (κ3) is 6.49. The number of hydrogen-bond donors (Lipinski definition) is 1. The summed E-state index contributed by atoms with van der Waals surface area (Å²) in [6, 6.07) is 4.58. The summed E-state index contributed by atoms with van der Waals surface area (Å²) < 4.78 is 99.6. The van der Waals surface area contributed by atoms with Crippen LogP contribution in [0.15, 0.2) is 47.6 Å². The molecule has 34 heavy (non-hydrogen) atoms. The number of nitrogens with two attached hydrogens (primary N) is 1. The fourth-order valence-corrected chi connectivity index (χ4v) is 2.75. The number of halogens is 7. The molecule has 0 aromatic heterocycles. The first kappa shape index (κ1) is 26.7. The maximum atomic E-state index is 13.8. The summed E-state index contributed by atoms with van der Waals surface area (Å²) >= 11 is 0. The van der Waals surface area contributed by atoms with Crippen LogP contribution in [0.3, 0.4) is 0 Å². The van der Waals surface area contributed by atoms with E-state index >= 15 is 0 Å². The molecule has 0 aliphatic heterocycles. The topological polar surface area (TPSA) is 67.9 Å². The van der Waals surface area contributed by atoms with Gasteiger partial charge in [0.15, 0.2) is 5.75 Å². The van der Waals surface area contributed by atoms with Gasteiger partial charge in [-0.25, -0.2) is 9.18 Å². The Labute approximate surface area is 190 Å². The zero-order chi connectivity index (χ0) is 25.7. The second kappa shape index (κ2) is 10.6. The van der Waals surface area contributed by atoms with Gasteiger partial charge in [-0.05, 0) is 42.8 Å². The SMILES string of the molecule is CCCN=CC(=CN)c1cc(C(F)(F)F)cc(C(F)(F)F)c1OC(=O)N(C)c1ccc(F)cc1. The lowest BCUT2D eigenvalue weighted by molar-refractivity contribution is -0.143. The lowest BCUT2D eigenvalue weighted by atomic mass is 9.98. The number of carbonyl (C=O) groups excluding carboxylic acids is 1. The van der Waals surface area contributed by atoms with E-state index in [1.165, 1.54) is 0 Å². The molecule has 2 N–H and O–H groups in total. The van der Waals surface area contributed by atoms with Crippen molar-refractivity contribution in [3.8, 4) is 5.75 Å². The Kier molecular flexibility index (Phi) is 8.30. The fourth-order valence-electron chi connectivity index (χ4n) is 2.75. The van der Waals surface area contributed by atoms with E-state index in [1.807, 2.05) is 0 Å². The lowest BCUT2D eigenvalue weighted by Crippen LogP contribution is -2.30. The molecule has 5 nitrogen and oxygen atoms in total. The van der Waals surface area contributed by atoms with Gasteiger partial charge >= 0.3 is 18.4 Å². The average molecular weight is 491 g/mol. The van der Waals surface area contributed by atoms with Crippen molar-refractivity contribution in [2.75, 3.05) is 18.5 Å². The van der Waals surface area contributed by atoms with E-state index in [0.717, 1.165) is 48.6 Å². The first-order valence-corrected chi connectivity index (χ1v) is 9.75. The summed E-state index contributed by atoms with van der Waals surface area (Å²) in [5.41, 5.74) is 1.02. The molecule has 2 aromatic rings. The number of hydrogen-bond acceptors (Lipinski definition) is 4. The van der Waals surface area contributed by atoms with Crippen LogP contribution < -0.4 is 15.4 Å². The van der Waals surface area contributed by atoms with Crippen LogP contribution in [0, 0.1) is 5.82 Å². The van der Waals surface area contributed by atoms with Crippen LogP contribution in [0.2, 0.25) is 0 Å². The van der Waals surface area contributed by atoms with Gasteiger partial charge in [-0.2, -0.15) is 26.3 Å². The van der Waals surface area contributed by atoms with Crippen molar-refractivity contribution in [1.82, 2.24) is 0 Å². The van der Waals surface area contributed by atoms with Gasteiger partial charge in [-0.3, -0.25) is 9.89 Å². The van der Waals surface area contributed by atoms with Crippen LogP contribution in [0.5, 0.6) is 5.75 Å². The van der Waals surface area contributed by atoms with Gasteiger partial charge in [-0.1, -0.05) is 6.92 Å². The van der Waals surface area contributed by atoms with Crippen LogP contribution in [-0.4, -0.2) is 25.9 Å². The highest BCUT2D eigenvalue weighted by molar-refractivity contribution is 6.11. The number of alkyl halides is 6. The van der Waals surface area contributed by atoms with Gasteiger partial charge in [-0.15, -0.1) is 0 Å². The van der Waals surface area contributed by atoms with Gasteiger partial charge in [0.25, 0.3) is 0 Å². The number of nitrogens with zero attached hydrogens (tertiary/aromatic N) is 2. The summed E-state index contributed by atoms with van der Waals surface area (Å²) in [6.07, 6.45) is -9.51. The summed E-state index contributed by atoms with van der Waals surface area (Å²) in [7, 11) is 1.13. The Morgan fingerprint density at radius 3 is 2.21 bits per heavy atom. The quantitative estimate of drug-likeness (QED) is 0.382. The van der Waals surface area contributed by atoms with Gasteiger partial charge in [0.2, 0.25) is 0 Å². The molecule has 0 heterocycles. The standard InChI is InChI=1S/C22H20F7N3O2/c1-3-8-31-12-13(11-30)17-9-14(21(24,25)26)10-18(22(27,28)29)19(17)34-20(33)32(2)16-6-4-15(23)5-7-16/h4-7,9-12H,3,8,30H2,1-2H3. The van der Waals surface area contributed by atoms with Crippen molar-refractivity contribution >= 4 is 23.6 Å². The molecule has 0 unspecified atom stereocenters. The van der Waals surface area contributed by atoms with Crippen LogP contribution in [-0.2, 0) is 12.4 Å². The molecule has 0 aliphatic rings. The van der Waals surface area contributed by atoms with E-state index in [2.05, 4.69) is 4.99 Å². The first-order valence-electron chi connectivity index (χ1n) is 9.75. The van der Waals surface area contributed by atoms with E-state index in [4.69, 9.17) is 10.5 Å². The van der Waals surface area contributed by atoms with Crippen LogP contribution in [0.25, 0.3) is 5.57 Å². The Morgan fingerprint density at radius 1 is 1.09 bits per heavy atom. The van der Waals surface area contributed by atoms with Gasteiger partial charge in [0.1, 0.15) is 5.82 Å². The molecule has 0 saturated carbocycles. The normalized spacial score (nSPS) is 12.8. The maximum absolute atomic E-state index is 13.8. The number of carbonyl (C=O) groups is 1. The number of aliphatic imine (C=N–C) groups is 1. The van der Waals surface area contributed by atoms with Crippen LogP contribution in [0.1, 0.15) is 30.0 Å². The molecule has 2 aromatic carbocycles. The van der Waals surface area contributed by atoms with Gasteiger partial charge in [0, 0.05) is 42.8 Å². The minimum Gasteiger partial charge on any atom is -0.409 e. The monoisotopic (exact) mass is 491 g/mol. The summed E-state index contributed by atoms with van der Waals surface area (Å²) in [6.45, 7) is 1.98. The predicted molar refractivity (Wildman–Crippen MR) is 113 cm³/mol. The van der Waals surface area contributed by atoms with Crippen molar-refractivity contribution < 1.29 is 40.3 Å².